The number of fused-ring (bicyclic) bond motifs is 2. The summed E-state index contributed by atoms with van der Waals surface area (Å²) in [6.45, 7) is 0. The lowest BCUT2D eigenvalue weighted by molar-refractivity contribution is 0.829. The fourth-order valence-electron chi connectivity index (χ4n) is 7.87. The van der Waals surface area contributed by atoms with Crippen molar-refractivity contribution in [3.8, 4) is 50.5 Å². The van der Waals surface area contributed by atoms with Gasteiger partial charge in [0.1, 0.15) is 12.0 Å². The van der Waals surface area contributed by atoms with E-state index in [4.69, 9.17) is 4.98 Å². The summed E-state index contributed by atoms with van der Waals surface area (Å²) in [4.78, 5) is 7.61. The molecule has 1 aromatic heterocycles. The van der Waals surface area contributed by atoms with Crippen LogP contribution in [0.4, 0.5) is 17.1 Å². The maximum Gasteiger partial charge on any atom is 0.145 e. The number of hydrogen-bond donors (Lipinski definition) is 1. The quantitative estimate of drug-likeness (QED) is 0.180. The Bertz CT molecular complexity index is 2730. The minimum atomic E-state index is -0.0598. The predicted molar refractivity (Wildman–Crippen MR) is 224 cm³/mol. The van der Waals surface area contributed by atoms with Gasteiger partial charge in [-0.3, -0.25) is 4.57 Å². The second-order valence-electron chi connectivity index (χ2n) is 13.7. The predicted octanol–water partition coefficient (Wildman–Crippen LogP) is 13.0. The van der Waals surface area contributed by atoms with Gasteiger partial charge in [0, 0.05) is 16.7 Å². The number of nitrogens with one attached hydrogen (secondary N) is 1. The van der Waals surface area contributed by atoms with Crippen molar-refractivity contribution in [3.63, 3.8) is 0 Å². The summed E-state index contributed by atoms with van der Waals surface area (Å²) < 4.78 is 2.30. The van der Waals surface area contributed by atoms with E-state index < -0.39 is 0 Å². The molecule has 1 unspecified atom stereocenters. The van der Waals surface area contributed by atoms with E-state index in [1.165, 1.54) is 44.8 Å². The number of benzene rings is 8. The molecule has 4 nitrogen and oxygen atoms in total. The van der Waals surface area contributed by atoms with E-state index in [1.807, 2.05) is 0 Å². The standard InChI is InChI=1S/C50H36N4/c1-3-15-37(16-4-1)41-19-7-11-23-45(41)53-47-25-13-9-21-43(47)51-49(53)39-31-27-35(28-32-39)36-29-33-40(34-30-36)50-52-44-22-10-14-26-48(44)54(50)46-24-12-8-20-42(46)38-17-5-2-6-18-38/h1-34,49,51H. The van der Waals surface area contributed by atoms with Crippen LogP contribution in [0.2, 0.25) is 0 Å². The van der Waals surface area contributed by atoms with Gasteiger partial charge in [0.2, 0.25) is 0 Å². The maximum atomic E-state index is 5.18. The highest BCUT2D eigenvalue weighted by atomic mass is 15.3. The summed E-state index contributed by atoms with van der Waals surface area (Å²) in [7, 11) is 0. The number of aromatic nitrogens is 2. The first-order chi connectivity index (χ1) is 26.8. The Balaban J connectivity index is 0.991. The van der Waals surface area contributed by atoms with Gasteiger partial charge < -0.3 is 10.2 Å². The van der Waals surface area contributed by atoms with Gasteiger partial charge in [-0.25, -0.2) is 4.98 Å². The lowest BCUT2D eigenvalue weighted by Gasteiger charge is -2.29. The van der Waals surface area contributed by atoms with Gasteiger partial charge in [-0.1, -0.05) is 170 Å². The molecule has 0 bridgehead atoms. The Kier molecular flexibility index (Phi) is 7.85. The number of anilines is 3. The zero-order valence-corrected chi connectivity index (χ0v) is 29.5. The van der Waals surface area contributed by atoms with Crippen molar-refractivity contribution in [2.24, 2.45) is 0 Å². The molecule has 4 heteroatoms. The van der Waals surface area contributed by atoms with E-state index in [-0.39, 0.29) is 6.17 Å². The topological polar surface area (TPSA) is 33.1 Å². The molecule has 1 atom stereocenters. The fourth-order valence-corrected chi connectivity index (χ4v) is 7.87. The third kappa shape index (κ3) is 5.53. The Morgan fingerprint density at radius 3 is 1.57 bits per heavy atom. The van der Waals surface area contributed by atoms with Crippen LogP contribution in [0, 0.1) is 0 Å². The second kappa shape index (κ2) is 13.4. The Morgan fingerprint density at radius 1 is 0.389 bits per heavy atom. The molecule has 0 saturated heterocycles. The van der Waals surface area contributed by atoms with Crippen LogP contribution in [0.1, 0.15) is 11.7 Å². The highest BCUT2D eigenvalue weighted by Crippen LogP contribution is 2.48. The lowest BCUT2D eigenvalue weighted by atomic mass is 9.99. The van der Waals surface area contributed by atoms with Crippen LogP contribution in [0.15, 0.2) is 206 Å². The summed E-state index contributed by atoms with van der Waals surface area (Å²) in [5, 5.41) is 3.82. The molecule has 10 rings (SSSR count). The molecule has 1 N–H and O–H groups in total. The molecule has 1 aliphatic rings. The SMILES string of the molecule is c1ccc(-c2ccccc2N2c3ccccc3NC2c2ccc(-c3ccc(-c4nc5ccccc5n4-c4ccccc4-c4ccccc4)cc3)cc2)cc1. The summed E-state index contributed by atoms with van der Waals surface area (Å²) in [6.07, 6.45) is -0.0598. The van der Waals surface area contributed by atoms with Crippen molar-refractivity contribution in [3.05, 3.63) is 212 Å². The van der Waals surface area contributed by atoms with E-state index >= 15 is 0 Å². The molecule has 256 valence electrons. The first-order valence-corrected chi connectivity index (χ1v) is 18.4. The van der Waals surface area contributed by atoms with Crippen molar-refractivity contribution in [1.29, 1.82) is 0 Å². The number of rotatable bonds is 7. The highest BCUT2D eigenvalue weighted by molar-refractivity contribution is 5.90. The molecular weight excluding hydrogens is 657 g/mol. The van der Waals surface area contributed by atoms with Gasteiger partial charge in [-0.05, 0) is 64.2 Å². The first kappa shape index (κ1) is 31.6. The molecule has 0 aliphatic carbocycles. The Morgan fingerprint density at radius 2 is 0.889 bits per heavy atom. The maximum absolute atomic E-state index is 5.18. The van der Waals surface area contributed by atoms with E-state index in [1.54, 1.807) is 0 Å². The van der Waals surface area contributed by atoms with Crippen LogP contribution < -0.4 is 10.2 Å². The van der Waals surface area contributed by atoms with Gasteiger partial charge >= 0.3 is 0 Å². The summed E-state index contributed by atoms with van der Waals surface area (Å²) in [5.41, 5.74) is 16.0. The number of hydrogen-bond acceptors (Lipinski definition) is 3. The molecule has 1 aliphatic heterocycles. The molecule has 0 saturated carbocycles. The van der Waals surface area contributed by atoms with Crippen molar-refractivity contribution in [1.82, 2.24) is 9.55 Å². The van der Waals surface area contributed by atoms with E-state index in [2.05, 4.69) is 221 Å². The molecular formula is C50H36N4. The normalized spacial score (nSPS) is 13.5. The number of imidazole rings is 1. The van der Waals surface area contributed by atoms with E-state index in [0.29, 0.717) is 0 Å². The first-order valence-electron chi connectivity index (χ1n) is 18.4. The van der Waals surface area contributed by atoms with Crippen molar-refractivity contribution in [2.75, 3.05) is 10.2 Å². The molecule has 54 heavy (non-hydrogen) atoms. The van der Waals surface area contributed by atoms with Crippen LogP contribution in [0.25, 0.3) is 61.5 Å². The number of nitrogens with zero attached hydrogens (tertiary/aromatic N) is 3. The number of para-hydroxylation sites is 6. The van der Waals surface area contributed by atoms with Crippen LogP contribution in [-0.2, 0) is 0 Å². The summed E-state index contributed by atoms with van der Waals surface area (Å²) in [6, 6.07) is 73.3. The molecule has 0 fully saturated rings. The third-order valence-electron chi connectivity index (χ3n) is 10.5. The van der Waals surface area contributed by atoms with E-state index in [9.17, 15) is 0 Å². The summed E-state index contributed by atoms with van der Waals surface area (Å²) in [5.74, 6) is 0.921. The zero-order chi connectivity index (χ0) is 35.8. The minimum absolute atomic E-state index is 0.0598. The Hall–Kier alpha value is -7.17. The molecule has 9 aromatic rings. The minimum Gasteiger partial charge on any atom is -0.359 e. The van der Waals surface area contributed by atoms with Gasteiger partial charge in [0.25, 0.3) is 0 Å². The monoisotopic (exact) mass is 692 g/mol. The fraction of sp³-hybridized carbons (Fsp3) is 0.0200. The largest absolute Gasteiger partial charge is 0.359 e. The third-order valence-corrected chi connectivity index (χ3v) is 10.5. The van der Waals surface area contributed by atoms with Crippen LogP contribution in [0.5, 0.6) is 0 Å². The van der Waals surface area contributed by atoms with Crippen molar-refractivity contribution >= 4 is 28.1 Å². The molecule has 0 radical (unpaired) electrons. The lowest BCUT2D eigenvalue weighted by Crippen LogP contribution is -2.23. The summed E-state index contributed by atoms with van der Waals surface area (Å²) >= 11 is 0. The zero-order valence-electron chi connectivity index (χ0n) is 29.5. The smallest absolute Gasteiger partial charge is 0.145 e. The second-order valence-corrected chi connectivity index (χ2v) is 13.7. The van der Waals surface area contributed by atoms with Gasteiger partial charge in [0.15, 0.2) is 0 Å². The van der Waals surface area contributed by atoms with E-state index in [0.717, 1.165) is 39.4 Å². The van der Waals surface area contributed by atoms with Crippen LogP contribution >= 0.6 is 0 Å². The Labute approximate surface area is 315 Å². The molecule has 8 aromatic carbocycles. The van der Waals surface area contributed by atoms with Gasteiger partial charge in [0.05, 0.1) is 33.8 Å². The van der Waals surface area contributed by atoms with Gasteiger partial charge in [-0.2, -0.15) is 0 Å². The molecule has 0 amide bonds. The highest BCUT2D eigenvalue weighted by Gasteiger charge is 2.32. The van der Waals surface area contributed by atoms with Gasteiger partial charge in [-0.15, -0.1) is 0 Å². The van der Waals surface area contributed by atoms with Crippen molar-refractivity contribution < 1.29 is 0 Å². The molecule has 0 spiro atoms. The van der Waals surface area contributed by atoms with Crippen molar-refractivity contribution in [2.45, 2.75) is 6.17 Å². The average molecular weight is 693 g/mol. The van der Waals surface area contributed by atoms with Crippen LogP contribution in [-0.4, -0.2) is 9.55 Å². The molecule has 2 heterocycles. The average Bonchev–Trinajstić information content (AvgIpc) is 3.84. The van der Waals surface area contributed by atoms with Crippen LogP contribution in [0.3, 0.4) is 0 Å².